The second-order valence-electron chi connectivity index (χ2n) is 6.64. The molecule has 0 spiro atoms. The molecule has 0 heterocycles. The molecule has 1 rings (SSSR count). The molecule has 1 heteroatoms. The van der Waals surface area contributed by atoms with E-state index in [0.717, 1.165) is 5.66 Å². The van der Waals surface area contributed by atoms with Gasteiger partial charge in [-0.25, -0.2) is 0 Å². The summed E-state index contributed by atoms with van der Waals surface area (Å²) in [5, 5.41) is 1.15. The lowest BCUT2D eigenvalue weighted by Crippen LogP contribution is -2.33. The third-order valence-electron chi connectivity index (χ3n) is 4.72. The van der Waals surface area contributed by atoms with Crippen molar-refractivity contribution in [2.24, 2.45) is 0 Å². The predicted molar refractivity (Wildman–Crippen MR) is 77.9 cm³/mol. The summed E-state index contributed by atoms with van der Waals surface area (Å²) in [4.78, 5) is 0. The van der Waals surface area contributed by atoms with Gasteiger partial charge in [0, 0.05) is 0 Å². The lowest BCUT2D eigenvalue weighted by molar-refractivity contribution is 0.587. The Labute approximate surface area is 104 Å². The summed E-state index contributed by atoms with van der Waals surface area (Å²) in [5.74, 6) is 0. The van der Waals surface area contributed by atoms with Crippen molar-refractivity contribution in [2.75, 3.05) is 0 Å². The second-order valence-corrected chi connectivity index (χ2v) is 10.5. The summed E-state index contributed by atoms with van der Waals surface area (Å²) in [6.07, 6.45) is 8.70. The Morgan fingerprint density at radius 1 is 0.875 bits per heavy atom. The van der Waals surface area contributed by atoms with Gasteiger partial charge in [-0.05, 0) is 41.7 Å². The van der Waals surface area contributed by atoms with E-state index in [1.165, 1.54) is 38.5 Å². The van der Waals surface area contributed by atoms with Crippen molar-refractivity contribution in [1.29, 1.82) is 0 Å². The van der Waals surface area contributed by atoms with E-state index in [2.05, 4.69) is 41.5 Å². The first kappa shape index (κ1) is 14.5. The monoisotopic (exact) mass is 242 g/mol. The minimum absolute atomic E-state index is 0.151. The van der Waals surface area contributed by atoms with Crippen LogP contribution in [0.4, 0.5) is 0 Å². The van der Waals surface area contributed by atoms with Crippen LogP contribution in [0.3, 0.4) is 0 Å². The van der Waals surface area contributed by atoms with E-state index in [-0.39, 0.29) is 7.92 Å². The molecular weight excluding hydrogens is 211 g/mol. The van der Waals surface area contributed by atoms with Crippen LogP contribution in [0.25, 0.3) is 0 Å². The van der Waals surface area contributed by atoms with Gasteiger partial charge >= 0.3 is 0 Å². The van der Waals surface area contributed by atoms with Crippen molar-refractivity contribution in [3.63, 3.8) is 0 Å². The summed E-state index contributed by atoms with van der Waals surface area (Å²) in [6.45, 7) is 14.9. The van der Waals surface area contributed by atoms with Gasteiger partial charge in [0.25, 0.3) is 0 Å². The molecule has 0 atom stereocenters. The van der Waals surface area contributed by atoms with Gasteiger partial charge in [-0.3, -0.25) is 0 Å². The summed E-state index contributed by atoms with van der Waals surface area (Å²) in [7, 11) is 0.151. The van der Waals surface area contributed by atoms with Crippen LogP contribution in [0.1, 0.15) is 80.1 Å². The fraction of sp³-hybridized carbons (Fsp3) is 1.00. The molecule has 1 saturated carbocycles. The molecule has 1 aliphatic rings. The SMILES string of the molecule is CCC(C)(C)P(C1CCCC1)C(C)(C)CC. The molecular formula is C15H31P. The summed E-state index contributed by atoms with van der Waals surface area (Å²) < 4.78 is 0. The van der Waals surface area contributed by atoms with Crippen LogP contribution < -0.4 is 0 Å². The molecule has 0 aromatic carbocycles. The minimum Gasteiger partial charge on any atom is -0.0919 e. The zero-order valence-electron chi connectivity index (χ0n) is 12.3. The number of hydrogen-bond acceptors (Lipinski definition) is 0. The van der Waals surface area contributed by atoms with E-state index in [4.69, 9.17) is 0 Å². The van der Waals surface area contributed by atoms with Crippen molar-refractivity contribution in [1.82, 2.24) is 0 Å². The molecule has 0 aliphatic heterocycles. The quantitative estimate of drug-likeness (QED) is 0.535. The van der Waals surface area contributed by atoms with Crippen molar-refractivity contribution < 1.29 is 0 Å². The fourth-order valence-corrected chi connectivity index (χ4v) is 8.49. The lowest BCUT2D eigenvalue weighted by Gasteiger charge is -2.48. The molecule has 0 bridgehead atoms. The predicted octanol–water partition coefficient (Wildman–Crippen LogP) is 5.79. The molecule has 0 aromatic rings. The highest BCUT2D eigenvalue weighted by Crippen LogP contribution is 2.67. The Bertz CT molecular complexity index is 195. The Morgan fingerprint density at radius 2 is 1.25 bits per heavy atom. The van der Waals surface area contributed by atoms with Crippen molar-refractivity contribution in [3.05, 3.63) is 0 Å². The first-order chi connectivity index (χ1) is 7.35. The highest BCUT2D eigenvalue weighted by molar-refractivity contribution is 7.61. The molecule has 0 N–H and O–H groups in total. The standard InChI is InChI=1S/C15H31P/c1-7-14(3,4)16(15(5,6)8-2)13-11-9-10-12-13/h13H,7-12H2,1-6H3. The van der Waals surface area contributed by atoms with Gasteiger partial charge in [-0.1, -0.05) is 62.3 Å². The van der Waals surface area contributed by atoms with Gasteiger partial charge in [-0.2, -0.15) is 0 Å². The van der Waals surface area contributed by atoms with Gasteiger partial charge in [0.1, 0.15) is 0 Å². The molecule has 1 aliphatic carbocycles. The first-order valence-corrected chi connectivity index (χ1v) is 8.55. The smallest absolute Gasteiger partial charge is 0.0146 e. The van der Waals surface area contributed by atoms with Crippen LogP contribution in [0.15, 0.2) is 0 Å². The molecule has 0 aromatic heterocycles. The molecule has 1 fully saturated rings. The molecule has 96 valence electrons. The highest BCUT2D eigenvalue weighted by Gasteiger charge is 2.43. The Morgan fingerprint density at radius 3 is 1.56 bits per heavy atom. The van der Waals surface area contributed by atoms with Gasteiger partial charge in [0.15, 0.2) is 0 Å². The van der Waals surface area contributed by atoms with Gasteiger partial charge in [0.2, 0.25) is 0 Å². The average molecular weight is 242 g/mol. The zero-order chi connectivity index (χ0) is 12.4. The zero-order valence-corrected chi connectivity index (χ0v) is 13.2. The van der Waals surface area contributed by atoms with E-state index in [9.17, 15) is 0 Å². The summed E-state index contributed by atoms with van der Waals surface area (Å²) in [5.41, 5.74) is 1.06. The van der Waals surface area contributed by atoms with E-state index in [1.807, 2.05) is 0 Å². The lowest BCUT2D eigenvalue weighted by atomic mass is 10.1. The van der Waals surface area contributed by atoms with Crippen molar-refractivity contribution in [2.45, 2.75) is 96.0 Å². The molecule has 0 radical (unpaired) electrons. The summed E-state index contributed by atoms with van der Waals surface area (Å²) >= 11 is 0. The molecule has 0 saturated heterocycles. The molecule has 0 amide bonds. The Balaban J connectivity index is 2.92. The first-order valence-electron chi connectivity index (χ1n) is 7.14. The van der Waals surface area contributed by atoms with Crippen LogP contribution >= 0.6 is 7.92 Å². The fourth-order valence-electron chi connectivity index (χ4n) is 3.31. The van der Waals surface area contributed by atoms with Crippen LogP contribution in [-0.2, 0) is 0 Å². The maximum Gasteiger partial charge on any atom is -0.0146 e. The van der Waals surface area contributed by atoms with Crippen LogP contribution in [0.5, 0.6) is 0 Å². The van der Waals surface area contributed by atoms with E-state index < -0.39 is 0 Å². The molecule has 0 nitrogen and oxygen atoms in total. The molecule has 16 heavy (non-hydrogen) atoms. The van der Waals surface area contributed by atoms with E-state index in [1.54, 1.807) is 0 Å². The number of rotatable bonds is 5. The van der Waals surface area contributed by atoms with Gasteiger partial charge in [-0.15, -0.1) is 0 Å². The maximum absolute atomic E-state index is 2.52. The maximum atomic E-state index is 2.52. The third kappa shape index (κ3) is 3.00. The molecule has 0 unspecified atom stereocenters. The number of hydrogen-bond donors (Lipinski definition) is 0. The average Bonchev–Trinajstić information content (AvgIpc) is 2.70. The largest absolute Gasteiger partial charge is 0.0919 e. The Hall–Kier alpha value is 0.430. The Kier molecular flexibility index (Phi) is 4.88. The highest BCUT2D eigenvalue weighted by atomic mass is 31.1. The van der Waals surface area contributed by atoms with Gasteiger partial charge < -0.3 is 0 Å². The van der Waals surface area contributed by atoms with Crippen LogP contribution in [0.2, 0.25) is 0 Å². The van der Waals surface area contributed by atoms with Crippen LogP contribution in [-0.4, -0.2) is 16.0 Å². The van der Waals surface area contributed by atoms with Crippen molar-refractivity contribution in [3.8, 4) is 0 Å². The van der Waals surface area contributed by atoms with E-state index in [0.29, 0.717) is 10.3 Å². The normalized spacial score (nSPS) is 19.7. The second kappa shape index (κ2) is 5.38. The van der Waals surface area contributed by atoms with E-state index >= 15 is 0 Å². The van der Waals surface area contributed by atoms with Crippen molar-refractivity contribution >= 4 is 7.92 Å². The third-order valence-corrected chi connectivity index (χ3v) is 9.21. The van der Waals surface area contributed by atoms with Gasteiger partial charge in [0.05, 0.1) is 0 Å². The minimum atomic E-state index is 0.151. The summed E-state index contributed by atoms with van der Waals surface area (Å²) in [6, 6.07) is 0. The topological polar surface area (TPSA) is 0 Å². The van der Waals surface area contributed by atoms with Crippen LogP contribution in [0, 0.1) is 0 Å².